The molecule has 0 saturated carbocycles. The molecule has 0 bridgehead atoms. The molecule has 2 nitrogen and oxygen atoms in total. The van der Waals surface area contributed by atoms with Gasteiger partial charge in [-0.3, -0.25) is 0 Å². The summed E-state index contributed by atoms with van der Waals surface area (Å²) < 4.78 is 5.61. The Morgan fingerprint density at radius 3 is 2.53 bits per heavy atom. The maximum atomic E-state index is 6.19. The van der Waals surface area contributed by atoms with Crippen molar-refractivity contribution in [3.63, 3.8) is 0 Å². The van der Waals surface area contributed by atoms with Crippen LogP contribution in [0.3, 0.4) is 0 Å². The van der Waals surface area contributed by atoms with E-state index >= 15 is 0 Å². The van der Waals surface area contributed by atoms with Crippen molar-refractivity contribution in [2.24, 2.45) is 5.73 Å². The molecule has 0 spiro atoms. The molecule has 0 saturated heterocycles. The lowest BCUT2D eigenvalue weighted by Crippen LogP contribution is -2.28. The zero-order chi connectivity index (χ0) is 12.3. The maximum absolute atomic E-state index is 6.19. The molecule has 0 aromatic heterocycles. The van der Waals surface area contributed by atoms with Gasteiger partial charge in [-0.1, -0.05) is 29.3 Å². The Morgan fingerprint density at radius 1 is 1.24 bits per heavy atom. The lowest BCUT2D eigenvalue weighted by Gasteiger charge is -2.21. The molecule has 1 aromatic carbocycles. The van der Waals surface area contributed by atoms with Gasteiger partial charge in [0, 0.05) is 0 Å². The highest BCUT2D eigenvalue weighted by atomic mass is 16.5. The average molecular weight is 231 g/mol. The Balaban J connectivity index is 2.06. The molecule has 2 N–H and O–H groups in total. The molecule has 1 atom stereocenters. The van der Waals surface area contributed by atoms with Crippen LogP contribution in [0.5, 0.6) is 0 Å². The van der Waals surface area contributed by atoms with Gasteiger partial charge in [0.25, 0.3) is 0 Å². The van der Waals surface area contributed by atoms with E-state index in [2.05, 4.69) is 38.1 Å². The van der Waals surface area contributed by atoms with Crippen molar-refractivity contribution < 1.29 is 4.74 Å². The molecular formula is C15H21NO. The van der Waals surface area contributed by atoms with E-state index in [-0.39, 0.29) is 6.04 Å². The number of benzene rings is 1. The van der Waals surface area contributed by atoms with Gasteiger partial charge >= 0.3 is 0 Å². The highest BCUT2D eigenvalue weighted by molar-refractivity contribution is 5.30. The number of allylic oxidation sites excluding steroid dienone is 1. The molecule has 2 heteroatoms. The third kappa shape index (κ3) is 3.34. The average Bonchev–Trinajstić information content (AvgIpc) is 2.28. The molecule has 1 aromatic rings. The third-order valence-corrected chi connectivity index (χ3v) is 3.07. The summed E-state index contributed by atoms with van der Waals surface area (Å²) in [6.45, 7) is 5.06. The van der Waals surface area contributed by atoms with Gasteiger partial charge in [-0.15, -0.1) is 0 Å². The van der Waals surface area contributed by atoms with E-state index in [0.29, 0.717) is 0 Å². The highest BCUT2D eigenvalue weighted by Gasteiger charge is 2.14. The quantitative estimate of drug-likeness (QED) is 0.868. The van der Waals surface area contributed by atoms with Crippen LogP contribution >= 0.6 is 0 Å². The minimum Gasteiger partial charge on any atom is -0.497 e. The largest absolute Gasteiger partial charge is 0.497 e. The van der Waals surface area contributed by atoms with Gasteiger partial charge in [0.15, 0.2) is 0 Å². The van der Waals surface area contributed by atoms with E-state index in [4.69, 9.17) is 10.5 Å². The van der Waals surface area contributed by atoms with Crippen molar-refractivity contribution in [1.82, 2.24) is 0 Å². The van der Waals surface area contributed by atoms with Gasteiger partial charge in [-0.2, -0.15) is 0 Å². The fraction of sp³-hybridized carbons (Fsp3) is 0.467. The second-order valence-electron chi connectivity index (χ2n) is 4.90. The summed E-state index contributed by atoms with van der Waals surface area (Å²) in [5, 5.41) is 0. The predicted octanol–water partition coefficient (Wildman–Crippen LogP) is 2.87. The zero-order valence-corrected chi connectivity index (χ0v) is 10.7. The van der Waals surface area contributed by atoms with E-state index in [1.165, 1.54) is 16.7 Å². The second kappa shape index (κ2) is 5.37. The predicted molar refractivity (Wildman–Crippen MR) is 70.9 cm³/mol. The molecule has 1 heterocycles. The summed E-state index contributed by atoms with van der Waals surface area (Å²) in [4.78, 5) is 0. The number of nitrogens with two attached hydrogens (primary N) is 1. The zero-order valence-electron chi connectivity index (χ0n) is 10.7. The van der Waals surface area contributed by atoms with Gasteiger partial charge in [-0.25, -0.2) is 0 Å². The van der Waals surface area contributed by atoms with Crippen molar-refractivity contribution in [3.05, 3.63) is 46.7 Å². The number of hydrogen-bond acceptors (Lipinski definition) is 2. The van der Waals surface area contributed by atoms with Crippen LogP contribution in [0.15, 0.2) is 30.0 Å². The standard InChI is InChI=1S/C15H21NO/c1-11-7-12(2)9-13(8-11)10-14(16)15-5-3-4-6-17-15/h5,7-9,14H,3-4,6,10,16H2,1-2H3. The molecule has 2 rings (SSSR count). The van der Waals surface area contributed by atoms with E-state index in [1.807, 2.05) is 0 Å². The van der Waals surface area contributed by atoms with Crippen molar-refractivity contribution in [2.75, 3.05) is 6.61 Å². The summed E-state index contributed by atoms with van der Waals surface area (Å²) >= 11 is 0. The van der Waals surface area contributed by atoms with Crippen molar-refractivity contribution in [3.8, 4) is 0 Å². The van der Waals surface area contributed by atoms with E-state index in [1.54, 1.807) is 0 Å². The van der Waals surface area contributed by atoms with Gasteiger partial charge in [0.05, 0.1) is 12.6 Å². The van der Waals surface area contributed by atoms with E-state index in [0.717, 1.165) is 31.6 Å². The molecule has 92 valence electrons. The molecule has 1 unspecified atom stereocenters. The number of rotatable bonds is 3. The molecule has 0 aliphatic carbocycles. The van der Waals surface area contributed by atoms with E-state index in [9.17, 15) is 0 Å². The lowest BCUT2D eigenvalue weighted by molar-refractivity contribution is 0.175. The van der Waals surface area contributed by atoms with Crippen LogP contribution in [0.1, 0.15) is 29.5 Å². The highest BCUT2D eigenvalue weighted by Crippen LogP contribution is 2.17. The molecule has 1 aliphatic heterocycles. The molecule has 17 heavy (non-hydrogen) atoms. The summed E-state index contributed by atoms with van der Waals surface area (Å²) in [5.41, 5.74) is 10.1. The normalized spacial score (nSPS) is 17.2. The Morgan fingerprint density at radius 2 is 1.94 bits per heavy atom. The first kappa shape index (κ1) is 12.2. The summed E-state index contributed by atoms with van der Waals surface area (Å²) in [7, 11) is 0. The lowest BCUT2D eigenvalue weighted by atomic mass is 10.00. The number of ether oxygens (including phenoxy) is 1. The molecule has 0 fully saturated rings. The van der Waals surface area contributed by atoms with Gasteiger partial charge < -0.3 is 10.5 Å². The van der Waals surface area contributed by atoms with Gasteiger partial charge in [0.2, 0.25) is 0 Å². The van der Waals surface area contributed by atoms with Crippen molar-refractivity contribution in [1.29, 1.82) is 0 Å². The first-order valence-electron chi connectivity index (χ1n) is 6.31. The van der Waals surface area contributed by atoms with Crippen molar-refractivity contribution >= 4 is 0 Å². The van der Waals surface area contributed by atoms with Crippen molar-refractivity contribution in [2.45, 2.75) is 39.2 Å². The maximum Gasteiger partial charge on any atom is 0.109 e. The van der Waals surface area contributed by atoms with Crippen LogP contribution in [0.4, 0.5) is 0 Å². The Kier molecular flexibility index (Phi) is 3.85. The first-order chi connectivity index (χ1) is 8.15. The minimum atomic E-state index is -0.00324. The van der Waals surface area contributed by atoms with Crippen LogP contribution in [0.2, 0.25) is 0 Å². The van der Waals surface area contributed by atoms with Crippen LogP contribution in [0.25, 0.3) is 0 Å². The second-order valence-corrected chi connectivity index (χ2v) is 4.90. The molecule has 0 amide bonds. The van der Waals surface area contributed by atoms with Gasteiger partial charge in [-0.05, 0) is 44.7 Å². The van der Waals surface area contributed by atoms with Crippen LogP contribution in [0, 0.1) is 13.8 Å². The first-order valence-corrected chi connectivity index (χ1v) is 6.31. The van der Waals surface area contributed by atoms with Crippen LogP contribution < -0.4 is 5.73 Å². The topological polar surface area (TPSA) is 35.2 Å². The summed E-state index contributed by atoms with van der Waals surface area (Å²) in [6.07, 6.45) is 5.20. The Hall–Kier alpha value is -1.28. The van der Waals surface area contributed by atoms with Crippen LogP contribution in [-0.4, -0.2) is 12.6 Å². The van der Waals surface area contributed by atoms with E-state index < -0.39 is 0 Å². The molecular weight excluding hydrogens is 210 g/mol. The van der Waals surface area contributed by atoms with Crippen LogP contribution in [-0.2, 0) is 11.2 Å². The number of aryl methyl sites for hydroxylation is 2. The number of hydrogen-bond donors (Lipinski definition) is 1. The fourth-order valence-corrected chi connectivity index (χ4v) is 2.38. The monoisotopic (exact) mass is 231 g/mol. The Labute approximate surface area is 103 Å². The molecule has 1 aliphatic rings. The Bertz CT molecular complexity index is 403. The third-order valence-electron chi connectivity index (χ3n) is 3.07. The van der Waals surface area contributed by atoms with Gasteiger partial charge in [0.1, 0.15) is 5.76 Å². The summed E-state index contributed by atoms with van der Waals surface area (Å²) in [5.74, 6) is 0.968. The SMILES string of the molecule is Cc1cc(C)cc(CC(N)C2=CCCCO2)c1. The molecule has 0 radical (unpaired) electrons. The fourth-order valence-electron chi connectivity index (χ4n) is 2.38. The smallest absolute Gasteiger partial charge is 0.109 e. The summed E-state index contributed by atoms with van der Waals surface area (Å²) in [6, 6.07) is 6.59. The minimum absolute atomic E-state index is 0.00324.